The van der Waals surface area contributed by atoms with Crippen LogP contribution in [0.4, 0.5) is 19.3 Å². The van der Waals surface area contributed by atoms with Gasteiger partial charge in [0.25, 0.3) is 0 Å². The van der Waals surface area contributed by atoms with Gasteiger partial charge in [-0.3, -0.25) is 14.4 Å². The molecule has 1 fully saturated rings. The lowest BCUT2D eigenvalue weighted by Crippen LogP contribution is -2.58. The molecule has 0 bridgehead atoms. The minimum absolute atomic E-state index is 0.123. The zero-order valence-corrected chi connectivity index (χ0v) is 20.4. The van der Waals surface area contributed by atoms with Gasteiger partial charge in [-0.1, -0.05) is 6.07 Å². The van der Waals surface area contributed by atoms with E-state index in [1.807, 2.05) is 11.4 Å². The fourth-order valence-electron chi connectivity index (χ4n) is 3.78. The summed E-state index contributed by atoms with van der Waals surface area (Å²) in [7, 11) is 0. The molecule has 0 spiro atoms. The second kappa shape index (κ2) is 12.0. The molecule has 0 aliphatic carbocycles. The summed E-state index contributed by atoms with van der Waals surface area (Å²) in [5.74, 6) is -3.32. The molecule has 35 heavy (non-hydrogen) atoms. The van der Waals surface area contributed by atoms with Gasteiger partial charge in [-0.25, -0.2) is 13.6 Å². The highest BCUT2D eigenvalue weighted by Gasteiger charge is 2.43. The van der Waals surface area contributed by atoms with Crippen LogP contribution in [0.3, 0.4) is 0 Å². The number of carbonyl (C=O) groups is 4. The predicted molar refractivity (Wildman–Crippen MR) is 130 cm³/mol. The minimum Gasteiger partial charge on any atom is -0.368 e. The molecule has 1 aliphatic rings. The summed E-state index contributed by atoms with van der Waals surface area (Å²) in [6, 6.07) is 2.53. The van der Waals surface area contributed by atoms with Crippen LogP contribution in [0, 0.1) is 11.6 Å². The topological polar surface area (TPSA) is 134 Å². The lowest BCUT2D eigenvalue weighted by Gasteiger charge is -2.29. The number of thiophene rings is 1. The number of urea groups is 1. The van der Waals surface area contributed by atoms with Crippen molar-refractivity contribution in [1.82, 2.24) is 15.5 Å². The number of nitrogens with zero attached hydrogens (tertiary/aromatic N) is 1. The van der Waals surface area contributed by atoms with E-state index in [2.05, 4.69) is 16.0 Å². The molecule has 3 rings (SSSR count). The number of rotatable bonds is 9. The van der Waals surface area contributed by atoms with Gasteiger partial charge in [-0.2, -0.15) is 11.8 Å². The van der Waals surface area contributed by atoms with Gasteiger partial charge in [-0.05, 0) is 36.3 Å². The fraction of sp³-hybridized carbons (Fsp3) is 0.364. The van der Waals surface area contributed by atoms with Gasteiger partial charge in [0, 0.05) is 23.9 Å². The summed E-state index contributed by atoms with van der Waals surface area (Å²) >= 11 is 2.69. The van der Waals surface area contributed by atoms with Crippen molar-refractivity contribution in [3.8, 4) is 0 Å². The quantitative estimate of drug-likeness (QED) is 0.396. The van der Waals surface area contributed by atoms with Crippen LogP contribution < -0.4 is 21.7 Å². The molecule has 0 saturated carbocycles. The highest BCUT2D eigenvalue weighted by molar-refractivity contribution is 7.99. The second-order valence-electron chi connectivity index (χ2n) is 7.83. The zero-order chi connectivity index (χ0) is 25.5. The maximum Gasteiger partial charge on any atom is 0.319 e. The molecule has 1 saturated heterocycles. The molecule has 5 N–H and O–H groups in total. The number of hydrogen-bond acceptors (Lipinski definition) is 6. The zero-order valence-electron chi connectivity index (χ0n) is 18.8. The molecule has 2 heterocycles. The van der Waals surface area contributed by atoms with Crippen molar-refractivity contribution in [2.24, 2.45) is 5.73 Å². The SMILES string of the molecule is CSCC(=O)N1CC[C@H](NC(=O)Nc2ccc(F)cc2F)[C@H]1C(=O)N[C@@H](Cc1cccs1)C(N)=O. The minimum atomic E-state index is -1.11. The molecule has 1 aromatic carbocycles. The summed E-state index contributed by atoms with van der Waals surface area (Å²) in [6.45, 7) is 0.194. The van der Waals surface area contributed by atoms with E-state index in [4.69, 9.17) is 5.73 Å². The van der Waals surface area contributed by atoms with Gasteiger partial charge in [0.2, 0.25) is 17.7 Å². The number of benzene rings is 1. The Bertz CT molecular complexity index is 1090. The van der Waals surface area contributed by atoms with Crippen molar-refractivity contribution in [3.63, 3.8) is 0 Å². The van der Waals surface area contributed by atoms with E-state index in [-0.39, 0.29) is 36.7 Å². The largest absolute Gasteiger partial charge is 0.368 e. The van der Waals surface area contributed by atoms with Gasteiger partial charge in [0.15, 0.2) is 0 Å². The maximum absolute atomic E-state index is 13.9. The lowest BCUT2D eigenvalue weighted by molar-refractivity contribution is -0.138. The molecular weight excluding hydrogens is 500 g/mol. The van der Waals surface area contributed by atoms with Gasteiger partial charge in [0.1, 0.15) is 23.7 Å². The van der Waals surface area contributed by atoms with Gasteiger partial charge in [0.05, 0.1) is 17.5 Å². The van der Waals surface area contributed by atoms with Crippen molar-refractivity contribution in [1.29, 1.82) is 0 Å². The fourth-order valence-corrected chi connectivity index (χ4v) is 4.95. The van der Waals surface area contributed by atoms with Gasteiger partial charge < -0.3 is 26.6 Å². The summed E-state index contributed by atoms with van der Waals surface area (Å²) in [4.78, 5) is 52.6. The third-order valence-electron chi connectivity index (χ3n) is 5.40. The normalized spacial score (nSPS) is 18.1. The predicted octanol–water partition coefficient (Wildman–Crippen LogP) is 1.69. The van der Waals surface area contributed by atoms with Crippen molar-refractivity contribution < 1.29 is 28.0 Å². The van der Waals surface area contributed by atoms with E-state index >= 15 is 0 Å². The molecule has 13 heteroatoms. The van der Waals surface area contributed by atoms with Crippen molar-refractivity contribution in [3.05, 3.63) is 52.2 Å². The molecular formula is C22H25F2N5O4S2. The van der Waals surface area contributed by atoms with Crippen molar-refractivity contribution >= 4 is 52.5 Å². The highest BCUT2D eigenvalue weighted by Crippen LogP contribution is 2.21. The Balaban J connectivity index is 1.75. The van der Waals surface area contributed by atoms with Crippen molar-refractivity contribution in [2.75, 3.05) is 23.9 Å². The number of thioether (sulfide) groups is 1. The Morgan fingerprint density at radius 1 is 1.26 bits per heavy atom. The average molecular weight is 526 g/mol. The van der Waals surface area contributed by atoms with Gasteiger partial charge in [-0.15, -0.1) is 11.3 Å². The van der Waals surface area contributed by atoms with Crippen molar-refractivity contribution in [2.45, 2.75) is 31.0 Å². The van der Waals surface area contributed by atoms with Crippen LogP contribution in [-0.4, -0.2) is 65.3 Å². The molecule has 0 unspecified atom stereocenters. The Morgan fingerprint density at radius 2 is 2.03 bits per heavy atom. The molecule has 188 valence electrons. The standard InChI is InChI=1S/C22H25F2N5O4S2/c1-34-11-18(30)29-7-6-16(28-22(33)27-15-5-4-12(23)9-14(15)24)19(29)21(32)26-17(20(25)31)10-13-3-2-8-35-13/h2-5,8-9,16-17,19H,6-7,10-11H2,1H3,(H2,25,31)(H,26,32)(H2,27,28,33)/t16-,17-,19-/m0/s1. The van der Waals surface area contributed by atoms with Crippen LogP contribution in [0.25, 0.3) is 0 Å². The number of likely N-dealkylation sites (tertiary alicyclic amines) is 1. The van der Waals surface area contributed by atoms with E-state index < -0.39 is 47.6 Å². The summed E-state index contributed by atoms with van der Waals surface area (Å²) < 4.78 is 27.0. The lowest BCUT2D eigenvalue weighted by atomic mass is 10.1. The van der Waals surface area contributed by atoms with E-state index in [1.165, 1.54) is 28.0 Å². The number of anilines is 1. The first-order valence-electron chi connectivity index (χ1n) is 10.6. The molecule has 2 aromatic rings. The summed E-state index contributed by atoms with van der Waals surface area (Å²) in [5.41, 5.74) is 5.25. The van der Waals surface area contributed by atoms with E-state index in [0.29, 0.717) is 6.07 Å². The molecule has 1 aliphatic heterocycles. The first-order chi connectivity index (χ1) is 16.7. The van der Waals surface area contributed by atoms with Crippen LogP contribution in [0.5, 0.6) is 0 Å². The third-order valence-corrected chi connectivity index (χ3v) is 6.83. The number of halogens is 2. The van der Waals surface area contributed by atoms with Crippen LogP contribution in [-0.2, 0) is 20.8 Å². The first kappa shape index (κ1) is 26.4. The number of amides is 5. The Kier molecular flexibility index (Phi) is 9.04. The number of carbonyl (C=O) groups excluding carboxylic acids is 4. The Hall–Kier alpha value is -3.19. The van der Waals surface area contributed by atoms with Gasteiger partial charge >= 0.3 is 6.03 Å². The maximum atomic E-state index is 13.9. The molecule has 1 aromatic heterocycles. The molecule has 3 atom stereocenters. The van der Waals surface area contributed by atoms with Crippen LogP contribution >= 0.6 is 23.1 Å². The molecule has 0 radical (unpaired) electrons. The number of nitrogens with one attached hydrogen (secondary N) is 3. The average Bonchev–Trinajstić information content (AvgIpc) is 3.45. The number of hydrogen-bond donors (Lipinski definition) is 4. The molecule has 9 nitrogen and oxygen atoms in total. The van der Waals surface area contributed by atoms with E-state index in [0.717, 1.165) is 17.0 Å². The smallest absolute Gasteiger partial charge is 0.319 e. The first-order valence-corrected chi connectivity index (χ1v) is 12.9. The molecule has 5 amide bonds. The van der Waals surface area contributed by atoms with Crippen LogP contribution in [0.1, 0.15) is 11.3 Å². The van der Waals surface area contributed by atoms with Crippen LogP contribution in [0.2, 0.25) is 0 Å². The number of primary amides is 1. The monoisotopic (exact) mass is 525 g/mol. The highest BCUT2D eigenvalue weighted by atomic mass is 32.2. The Labute approximate surface area is 208 Å². The number of nitrogens with two attached hydrogens (primary N) is 1. The second-order valence-corrected chi connectivity index (χ2v) is 9.73. The summed E-state index contributed by atoms with van der Waals surface area (Å²) in [5, 5.41) is 9.31. The van der Waals surface area contributed by atoms with E-state index in [1.54, 1.807) is 12.3 Å². The third kappa shape index (κ3) is 6.92. The Morgan fingerprint density at radius 3 is 2.66 bits per heavy atom. The van der Waals surface area contributed by atoms with E-state index in [9.17, 15) is 28.0 Å². The summed E-state index contributed by atoms with van der Waals surface area (Å²) in [6.07, 6.45) is 2.18. The van der Waals surface area contributed by atoms with Crippen LogP contribution in [0.15, 0.2) is 35.7 Å².